The highest BCUT2D eigenvalue weighted by atomic mass is 35.5. The molecule has 0 saturated heterocycles. The molecule has 14 heteroatoms. The second kappa shape index (κ2) is 9.22. The molecule has 7 nitrogen and oxygen atoms in total. The van der Waals surface area contributed by atoms with Gasteiger partial charge in [-0.1, -0.05) is 11.6 Å². The maximum absolute atomic E-state index is 14.2. The van der Waals surface area contributed by atoms with Gasteiger partial charge in [-0.3, -0.25) is 4.79 Å². The number of halogens is 6. The monoisotopic (exact) mass is 488 g/mol. The minimum atomic E-state index is -4.63. The van der Waals surface area contributed by atoms with E-state index in [2.05, 4.69) is 9.72 Å². The van der Waals surface area contributed by atoms with Crippen LogP contribution >= 0.6 is 11.6 Å². The fourth-order valence-corrected chi connectivity index (χ4v) is 2.71. The van der Waals surface area contributed by atoms with Gasteiger partial charge >= 0.3 is 6.18 Å². The second-order valence-corrected chi connectivity index (χ2v) is 8.33. The first-order valence-corrected chi connectivity index (χ1v) is 10.5. The molecule has 0 aliphatic carbocycles. The summed E-state index contributed by atoms with van der Waals surface area (Å²) in [5, 5.41) is -0.312. The number of alkyl halides is 3. The Labute approximate surface area is 178 Å². The Hall–Kier alpha value is -2.67. The zero-order valence-electron chi connectivity index (χ0n) is 15.8. The summed E-state index contributed by atoms with van der Waals surface area (Å²) in [6.07, 6.45) is -5.17. The van der Waals surface area contributed by atoms with Crippen molar-refractivity contribution in [3.05, 3.63) is 52.2 Å². The molecule has 1 unspecified atom stereocenters. The number of sulfonamides is 1. The topological polar surface area (TPSA) is 94.6 Å². The number of nitrogens with one attached hydrogen (secondary N) is 1. The molecule has 2 rings (SSSR count). The van der Waals surface area contributed by atoms with Crippen LogP contribution in [0.3, 0.4) is 0 Å². The standard InChI is InChI=1S/C17H14ClF5N2O5S/c1-8(17(21,22)23)30-16-12(18)4-10(6-24-16)29-7-9-3-14(20)11(5-13(9)19)15(26)25-31(2,27)28/h3-6,8H,7H2,1-2H3,(H,25,26). The van der Waals surface area contributed by atoms with Gasteiger partial charge in [-0.05, 0) is 19.1 Å². The molecule has 170 valence electrons. The van der Waals surface area contributed by atoms with Crippen LogP contribution < -0.4 is 14.2 Å². The van der Waals surface area contributed by atoms with Crippen LogP contribution in [0.5, 0.6) is 11.6 Å². The number of amides is 1. The highest BCUT2D eigenvalue weighted by Gasteiger charge is 2.38. The molecule has 0 radical (unpaired) electrons. The number of carbonyl (C=O) groups is 1. The van der Waals surface area contributed by atoms with Crippen LogP contribution in [0.15, 0.2) is 24.4 Å². The van der Waals surface area contributed by atoms with Crippen molar-refractivity contribution >= 4 is 27.5 Å². The van der Waals surface area contributed by atoms with Crippen molar-refractivity contribution in [3.63, 3.8) is 0 Å². The van der Waals surface area contributed by atoms with Crippen LogP contribution in [-0.4, -0.2) is 37.8 Å². The average Bonchev–Trinajstić information content (AvgIpc) is 2.61. The van der Waals surface area contributed by atoms with Gasteiger partial charge in [-0.15, -0.1) is 0 Å². The Morgan fingerprint density at radius 1 is 1.23 bits per heavy atom. The number of rotatable bonds is 7. The summed E-state index contributed by atoms with van der Waals surface area (Å²) in [5.41, 5.74) is -1.17. The van der Waals surface area contributed by atoms with Crippen LogP contribution in [0.4, 0.5) is 22.0 Å². The zero-order chi connectivity index (χ0) is 23.6. The van der Waals surface area contributed by atoms with Crippen molar-refractivity contribution in [1.82, 2.24) is 9.71 Å². The number of carbonyl (C=O) groups excluding carboxylic acids is 1. The number of pyridine rings is 1. The van der Waals surface area contributed by atoms with Gasteiger partial charge in [-0.25, -0.2) is 26.9 Å². The Kier molecular flexibility index (Phi) is 7.32. The third-order valence-corrected chi connectivity index (χ3v) is 4.41. The number of hydrogen-bond acceptors (Lipinski definition) is 6. The maximum Gasteiger partial charge on any atom is 0.425 e. The van der Waals surface area contributed by atoms with Gasteiger partial charge < -0.3 is 9.47 Å². The molecule has 1 amide bonds. The van der Waals surface area contributed by atoms with Crippen molar-refractivity contribution in [2.75, 3.05) is 6.26 Å². The number of nitrogens with zero attached hydrogens (tertiary/aromatic N) is 1. The van der Waals surface area contributed by atoms with Crippen molar-refractivity contribution in [2.45, 2.75) is 25.8 Å². The normalized spacial score (nSPS) is 12.9. The molecular formula is C17H14ClF5N2O5S. The van der Waals surface area contributed by atoms with Crippen molar-refractivity contribution in [1.29, 1.82) is 0 Å². The average molecular weight is 489 g/mol. The summed E-state index contributed by atoms with van der Waals surface area (Å²) in [4.78, 5) is 15.3. The molecule has 0 aliphatic heterocycles. The van der Waals surface area contributed by atoms with E-state index in [9.17, 15) is 35.2 Å². The summed E-state index contributed by atoms with van der Waals surface area (Å²) < 4.78 is 99.3. The highest BCUT2D eigenvalue weighted by molar-refractivity contribution is 7.89. The van der Waals surface area contributed by atoms with E-state index in [0.717, 1.165) is 19.2 Å². The third-order valence-electron chi connectivity index (χ3n) is 3.58. The van der Waals surface area contributed by atoms with Gasteiger partial charge in [0.15, 0.2) is 6.10 Å². The Morgan fingerprint density at radius 2 is 1.87 bits per heavy atom. The first-order valence-electron chi connectivity index (χ1n) is 8.19. The minimum absolute atomic E-state index is 0.0873. The fourth-order valence-electron chi connectivity index (χ4n) is 2.06. The maximum atomic E-state index is 14.2. The first kappa shape index (κ1) is 24.6. The molecule has 1 aromatic carbocycles. The van der Waals surface area contributed by atoms with Crippen LogP contribution in [0.25, 0.3) is 0 Å². The lowest BCUT2D eigenvalue weighted by Crippen LogP contribution is -2.31. The zero-order valence-corrected chi connectivity index (χ0v) is 17.3. The largest absolute Gasteiger partial charge is 0.487 e. The molecular weight excluding hydrogens is 475 g/mol. The molecule has 0 aliphatic rings. The van der Waals surface area contributed by atoms with E-state index in [1.807, 2.05) is 0 Å². The summed E-state index contributed by atoms with van der Waals surface area (Å²) in [6, 6.07) is 2.19. The van der Waals surface area contributed by atoms with Crippen LogP contribution in [0.1, 0.15) is 22.8 Å². The summed E-state index contributed by atoms with van der Waals surface area (Å²) in [5.74, 6) is -4.22. The molecule has 31 heavy (non-hydrogen) atoms. The molecule has 1 atom stereocenters. The number of benzene rings is 1. The van der Waals surface area contributed by atoms with Gasteiger partial charge in [-0.2, -0.15) is 13.2 Å². The number of ether oxygens (including phenoxy) is 2. The Bertz CT molecular complexity index is 1100. The van der Waals surface area contributed by atoms with E-state index in [4.69, 9.17) is 16.3 Å². The molecule has 0 bridgehead atoms. The van der Waals surface area contributed by atoms with Crippen LogP contribution in [-0.2, 0) is 16.6 Å². The lowest BCUT2D eigenvalue weighted by molar-refractivity contribution is -0.189. The number of hydrogen-bond donors (Lipinski definition) is 1. The molecule has 1 heterocycles. The van der Waals surface area contributed by atoms with Gasteiger partial charge in [0, 0.05) is 11.6 Å². The molecule has 0 spiro atoms. The van der Waals surface area contributed by atoms with Gasteiger partial charge in [0.25, 0.3) is 5.91 Å². The quantitative estimate of drug-likeness (QED) is 0.598. The Morgan fingerprint density at radius 3 is 2.42 bits per heavy atom. The van der Waals surface area contributed by atoms with Crippen molar-refractivity contribution < 1.29 is 44.6 Å². The fraction of sp³-hybridized carbons (Fsp3) is 0.294. The molecule has 1 N–H and O–H groups in total. The molecule has 1 aromatic heterocycles. The first-order chi connectivity index (χ1) is 14.2. The van der Waals surface area contributed by atoms with E-state index in [-0.39, 0.29) is 16.3 Å². The van der Waals surface area contributed by atoms with Crippen LogP contribution in [0, 0.1) is 11.6 Å². The summed E-state index contributed by atoms with van der Waals surface area (Å²) in [7, 11) is -3.99. The number of aromatic nitrogens is 1. The summed E-state index contributed by atoms with van der Waals surface area (Å²) in [6.45, 7) is 0.202. The van der Waals surface area contributed by atoms with Gasteiger partial charge in [0.05, 0.1) is 18.0 Å². The molecule has 0 saturated carbocycles. The Balaban J connectivity index is 2.12. The molecule has 0 fully saturated rings. The van der Waals surface area contributed by atoms with Gasteiger partial charge in [0.1, 0.15) is 29.0 Å². The predicted molar refractivity (Wildman–Crippen MR) is 98.4 cm³/mol. The lowest BCUT2D eigenvalue weighted by Gasteiger charge is -2.17. The summed E-state index contributed by atoms with van der Waals surface area (Å²) >= 11 is 5.81. The lowest BCUT2D eigenvalue weighted by atomic mass is 10.1. The van der Waals surface area contributed by atoms with E-state index in [1.54, 1.807) is 0 Å². The van der Waals surface area contributed by atoms with Crippen molar-refractivity contribution in [2.24, 2.45) is 0 Å². The predicted octanol–water partition coefficient (Wildman–Crippen LogP) is 3.61. The third kappa shape index (κ3) is 6.92. The van der Waals surface area contributed by atoms with E-state index in [1.165, 1.54) is 4.72 Å². The van der Waals surface area contributed by atoms with E-state index in [0.29, 0.717) is 18.4 Å². The molecule has 2 aromatic rings. The van der Waals surface area contributed by atoms with Gasteiger partial charge in [0.2, 0.25) is 15.9 Å². The van der Waals surface area contributed by atoms with Crippen LogP contribution in [0.2, 0.25) is 5.02 Å². The van der Waals surface area contributed by atoms with E-state index >= 15 is 0 Å². The SMILES string of the molecule is CC(Oc1ncc(OCc2cc(F)c(C(=O)NS(C)(=O)=O)cc2F)cc1Cl)C(F)(F)F. The van der Waals surface area contributed by atoms with Crippen molar-refractivity contribution in [3.8, 4) is 11.6 Å². The highest BCUT2D eigenvalue weighted by Crippen LogP contribution is 2.30. The second-order valence-electron chi connectivity index (χ2n) is 6.18. The van der Waals surface area contributed by atoms with E-state index < -0.39 is 57.9 Å². The smallest absolute Gasteiger partial charge is 0.425 e. The minimum Gasteiger partial charge on any atom is -0.487 e.